The fraction of sp³-hybridized carbons (Fsp3) is 0.167. The Morgan fingerprint density at radius 3 is 2.45 bits per heavy atom. The third-order valence-electron chi connectivity index (χ3n) is 5.32. The highest BCUT2D eigenvalue weighted by molar-refractivity contribution is 6.51. The smallest absolute Gasteiger partial charge is 0.300 e. The maximum atomic E-state index is 13.8. The second-order valence-corrected chi connectivity index (χ2v) is 7.69. The summed E-state index contributed by atoms with van der Waals surface area (Å²) in [5.41, 5.74) is 0.142. The van der Waals surface area contributed by atoms with Gasteiger partial charge in [-0.2, -0.15) is 0 Å². The molecule has 0 aliphatic carbocycles. The monoisotopic (exact) mass is 471 g/mol. The molecule has 1 aliphatic heterocycles. The van der Waals surface area contributed by atoms with E-state index >= 15 is 0 Å². The van der Waals surface area contributed by atoms with Gasteiger partial charge in [-0.3, -0.25) is 14.5 Å². The number of benzene rings is 2. The summed E-state index contributed by atoms with van der Waals surface area (Å²) in [7, 11) is 2.88. The summed E-state index contributed by atoms with van der Waals surface area (Å²) in [4.78, 5) is 27.4. The van der Waals surface area contributed by atoms with Crippen LogP contribution in [0, 0.1) is 12.7 Å². The van der Waals surface area contributed by atoms with Gasteiger partial charge in [0.2, 0.25) is 0 Å². The molecule has 9 heteroatoms. The van der Waals surface area contributed by atoms with Gasteiger partial charge >= 0.3 is 0 Å². The van der Waals surface area contributed by atoms with Crippen LogP contribution in [0.4, 0.5) is 10.1 Å². The van der Waals surface area contributed by atoms with Crippen LogP contribution < -0.4 is 14.4 Å². The van der Waals surface area contributed by atoms with Crippen molar-refractivity contribution in [2.75, 3.05) is 19.1 Å². The van der Waals surface area contributed by atoms with Crippen molar-refractivity contribution >= 4 is 34.7 Å². The summed E-state index contributed by atoms with van der Waals surface area (Å²) in [6.45, 7) is 1.71. The van der Waals surface area contributed by atoms with E-state index in [1.807, 2.05) is 0 Å². The van der Waals surface area contributed by atoms with E-state index in [1.54, 1.807) is 25.1 Å². The van der Waals surface area contributed by atoms with Crippen LogP contribution in [-0.4, -0.2) is 31.0 Å². The SMILES string of the molecule is COc1ccc(/C(O)=C2/C(=O)C(=O)N(c3ccc(F)c(Cl)c3)C2c2ccc(C)o2)c(OC)c1. The maximum absolute atomic E-state index is 13.8. The molecule has 7 nitrogen and oxygen atoms in total. The van der Waals surface area contributed by atoms with E-state index in [1.165, 1.54) is 38.5 Å². The number of halogens is 2. The van der Waals surface area contributed by atoms with Crippen molar-refractivity contribution in [2.45, 2.75) is 13.0 Å². The molecule has 1 saturated heterocycles. The van der Waals surface area contributed by atoms with Crippen LogP contribution in [0.5, 0.6) is 11.5 Å². The number of methoxy groups -OCH3 is 2. The minimum atomic E-state index is -1.12. The first kappa shape index (κ1) is 22.4. The van der Waals surface area contributed by atoms with Gasteiger partial charge in [-0.05, 0) is 49.4 Å². The molecule has 2 heterocycles. The number of ketones is 1. The molecule has 0 saturated carbocycles. The van der Waals surface area contributed by atoms with Gasteiger partial charge in [-0.25, -0.2) is 4.39 Å². The van der Waals surface area contributed by atoms with Gasteiger partial charge in [0.15, 0.2) is 0 Å². The van der Waals surface area contributed by atoms with Crippen LogP contribution >= 0.6 is 11.6 Å². The fourth-order valence-electron chi connectivity index (χ4n) is 3.74. The summed E-state index contributed by atoms with van der Waals surface area (Å²) < 4.78 is 30.0. The van der Waals surface area contributed by atoms with Crippen LogP contribution in [0.2, 0.25) is 5.02 Å². The number of amides is 1. The first-order valence-electron chi connectivity index (χ1n) is 9.81. The normalized spacial score (nSPS) is 17.5. The molecular weight excluding hydrogens is 453 g/mol. The van der Waals surface area contributed by atoms with Crippen molar-refractivity contribution in [1.82, 2.24) is 0 Å². The zero-order valence-electron chi connectivity index (χ0n) is 17.9. The van der Waals surface area contributed by atoms with E-state index in [9.17, 15) is 19.1 Å². The van der Waals surface area contributed by atoms with Gasteiger partial charge in [-0.15, -0.1) is 0 Å². The van der Waals surface area contributed by atoms with Crippen molar-refractivity contribution in [3.05, 3.63) is 82.0 Å². The van der Waals surface area contributed by atoms with Gasteiger partial charge in [-0.1, -0.05) is 11.6 Å². The highest BCUT2D eigenvalue weighted by Gasteiger charge is 2.48. The zero-order chi connectivity index (χ0) is 23.9. The van der Waals surface area contributed by atoms with E-state index in [2.05, 4.69) is 0 Å². The van der Waals surface area contributed by atoms with E-state index in [-0.39, 0.29) is 33.4 Å². The van der Waals surface area contributed by atoms with Crippen LogP contribution in [-0.2, 0) is 9.59 Å². The first-order chi connectivity index (χ1) is 15.8. The summed E-state index contributed by atoms with van der Waals surface area (Å²) >= 11 is 5.93. The maximum Gasteiger partial charge on any atom is 0.300 e. The Morgan fingerprint density at radius 1 is 1.09 bits per heavy atom. The van der Waals surface area contributed by atoms with E-state index in [4.69, 9.17) is 25.5 Å². The van der Waals surface area contributed by atoms with Gasteiger partial charge in [0.05, 0.1) is 30.4 Å². The minimum Gasteiger partial charge on any atom is -0.507 e. The number of ether oxygens (including phenoxy) is 2. The lowest BCUT2D eigenvalue weighted by atomic mass is 9.98. The minimum absolute atomic E-state index is 0.170. The number of aliphatic hydroxyl groups is 1. The van der Waals surface area contributed by atoms with Crippen LogP contribution in [0.15, 0.2) is 58.5 Å². The molecule has 170 valence electrons. The van der Waals surface area contributed by atoms with Crippen LogP contribution in [0.25, 0.3) is 5.76 Å². The van der Waals surface area contributed by atoms with E-state index in [0.717, 1.165) is 11.0 Å². The lowest BCUT2D eigenvalue weighted by Crippen LogP contribution is -2.29. The molecule has 1 atom stereocenters. The Kier molecular flexibility index (Phi) is 5.86. The fourth-order valence-corrected chi connectivity index (χ4v) is 3.92. The molecule has 0 radical (unpaired) electrons. The van der Waals surface area contributed by atoms with Crippen LogP contribution in [0.3, 0.4) is 0 Å². The molecule has 1 unspecified atom stereocenters. The van der Waals surface area contributed by atoms with Gasteiger partial charge in [0.1, 0.15) is 40.6 Å². The lowest BCUT2D eigenvalue weighted by Gasteiger charge is -2.23. The average molecular weight is 472 g/mol. The molecule has 1 aliphatic rings. The number of furan rings is 1. The summed E-state index contributed by atoms with van der Waals surface area (Å²) in [6.07, 6.45) is 0. The number of carbonyl (C=O) groups excluding carboxylic acids is 2. The molecule has 4 rings (SSSR count). The Balaban J connectivity index is 1.96. The molecule has 0 bridgehead atoms. The molecular formula is C24H19ClFNO6. The van der Waals surface area contributed by atoms with Crippen molar-refractivity contribution in [3.8, 4) is 11.5 Å². The van der Waals surface area contributed by atoms with Gasteiger partial charge in [0.25, 0.3) is 11.7 Å². The molecule has 1 fully saturated rings. The number of nitrogens with zero attached hydrogens (tertiary/aromatic N) is 1. The van der Waals surface area contributed by atoms with Crippen molar-refractivity contribution in [1.29, 1.82) is 0 Å². The van der Waals surface area contributed by atoms with Crippen LogP contribution in [0.1, 0.15) is 23.1 Å². The second-order valence-electron chi connectivity index (χ2n) is 7.28. The molecule has 1 aromatic heterocycles. The highest BCUT2D eigenvalue weighted by Crippen LogP contribution is 2.44. The molecule has 1 N–H and O–H groups in total. The topological polar surface area (TPSA) is 89.2 Å². The third kappa shape index (κ3) is 3.82. The second kappa shape index (κ2) is 8.63. The number of rotatable bonds is 5. The Bertz CT molecular complexity index is 1300. The highest BCUT2D eigenvalue weighted by atomic mass is 35.5. The summed E-state index contributed by atoms with van der Waals surface area (Å²) in [5.74, 6) is -1.51. The number of hydrogen-bond acceptors (Lipinski definition) is 6. The molecule has 2 aromatic carbocycles. The number of Topliss-reactive ketones (excluding diaryl/α,β-unsaturated/α-hetero) is 1. The molecule has 0 spiro atoms. The van der Waals surface area contributed by atoms with Crippen molar-refractivity contribution in [2.24, 2.45) is 0 Å². The summed E-state index contributed by atoms with van der Waals surface area (Å²) in [5, 5.41) is 11.0. The van der Waals surface area contributed by atoms with Crippen molar-refractivity contribution < 1.29 is 33.0 Å². The number of carbonyl (C=O) groups is 2. The van der Waals surface area contributed by atoms with E-state index in [0.29, 0.717) is 11.5 Å². The zero-order valence-corrected chi connectivity index (χ0v) is 18.6. The standard InChI is InChI=1S/C24H19ClFNO6/c1-12-4-9-18(33-12)21-20(22(28)15-7-6-14(31-2)11-19(15)32-3)23(29)24(30)27(21)13-5-8-17(26)16(25)10-13/h4-11,21,28H,1-3H3/b22-20-. The Morgan fingerprint density at radius 2 is 1.85 bits per heavy atom. The Hall–Kier alpha value is -3.78. The quantitative estimate of drug-likeness (QED) is 0.319. The number of anilines is 1. The first-order valence-corrected chi connectivity index (χ1v) is 10.2. The molecule has 3 aromatic rings. The predicted octanol–water partition coefficient (Wildman–Crippen LogP) is 5.02. The van der Waals surface area contributed by atoms with E-state index < -0.39 is 29.3 Å². The van der Waals surface area contributed by atoms with Gasteiger partial charge in [0, 0.05) is 11.8 Å². The number of hydrogen-bond donors (Lipinski definition) is 1. The van der Waals surface area contributed by atoms with Crippen molar-refractivity contribution in [3.63, 3.8) is 0 Å². The number of aliphatic hydroxyl groups excluding tert-OH is 1. The average Bonchev–Trinajstić information content (AvgIpc) is 3.35. The summed E-state index contributed by atoms with van der Waals surface area (Å²) in [6, 6.07) is 10.4. The van der Waals surface area contributed by atoms with Gasteiger partial charge < -0.3 is 19.0 Å². The molecule has 33 heavy (non-hydrogen) atoms. The molecule has 1 amide bonds. The lowest BCUT2D eigenvalue weighted by molar-refractivity contribution is -0.132. The third-order valence-corrected chi connectivity index (χ3v) is 5.61. The number of aryl methyl sites for hydroxylation is 1. The largest absolute Gasteiger partial charge is 0.507 e. The Labute approximate surface area is 193 Å². The predicted molar refractivity (Wildman–Crippen MR) is 119 cm³/mol.